The minimum Gasteiger partial charge on any atom is -0.324 e. The van der Waals surface area contributed by atoms with Gasteiger partial charge in [0, 0.05) is 12.1 Å². The van der Waals surface area contributed by atoms with E-state index in [1.165, 1.54) is 24.8 Å². The second kappa shape index (κ2) is 8.28. The second-order valence-electron chi connectivity index (χ2n) is 5.28. The van der Waals surface area contributed by atoms with Crippen LogP contribution in [0.5, 0.6) is 0 Å². The molecule has 1 rings (SSSR count). The quantitative estimate of drug-likeness (QED) is 0.762. The van der Waals surface area contributed by atoms with Crippen molar-refractivity contribution in [2.75, 3.05) is 13.6 Å². The molecular weight excluding hydrogens is 220 g/mol. The van der Waals surface area contributed by atoms with Gasteiger partial charge in [-0.15, -0.1) is 0 Å². The summed E-state index contributed by atoms with van der Waals surface area (Å²) in [4.78, 5) is 2.45. The summed E-state index contributed by atoms with van der Waals surface area (Å²) in [6, 6.07) is 11.3. The first-order chi connectivity index (χ1) is 8.65. The van der Waals surface area contributed by atoms with Gasteiger partial charge in [-0.2, -0.15) is 0 Å². The molecular formula is C16H28N2. The molecule has 2 atom stereocenters. The van der Waals surface area contributed by atoms with E-state index in [-0.39, 0.29) is 6.04 Å². The lowest BCUT2D eigenvalue weighted by atomic mass is 10.0. The Hall–Kier alpha value is -0.860. The van der Waals surface area contributed by atoms with Crippen LogP contribution in [0.1, 0.15) is 51.1 Å². The molecule has 0 aliphatic rings. The van der Waals surface area contributed by atoms with Crippen molar-refractivity contribution in [3.05, 3.63) is 35.9 Å². The van der Waals surface area contributed by atoms with Crippen LogP contribution in [0.4, 0.5) is 0 Å². The van der Waals surface area contributed by atoms with Crippen molar-refractivity contribution in [1.29, 1.82) is 0 Å². The van der Waals surface area contributed by atoms with E-state index in [0.717, 1.165) is 13.0 Å². The second-order valence-corrected chi connectivity index (χ2v) is 5.28. The Bertz CT molecular complexity index is 310. The first-order valence-electron chi connectivity index (χ1n) is 7.16. The maximum absolute atomic E-state index is 6.20. The van der Waals surface area contributed by atoms with Gasteiger partial charge in [-0.1, -0.05) is 43.7 Å². The average Bonchev–Trinajstić information content (AvgIpc) is 2.39. The van der Waals surface area contributed by atoms with E-state index in [4.69, 9.17) is 5.73 Å². The number of nitrogens with zero attached hydrogens (tertiary/aromatic N) is 1. The van der Waals surface area contributed by atoms with Crippen LogP contribution in [-0.4, -0.2) is 24.5 Å². The molecule has 102 valence electrons. The summed E-state index contributed by atoms with van der Waals surface area (Å²) in [5.74, 6) is 0. The van der Waals surface area contributed by atoms with Gasteiger partial charge >= 0.3 is 0 Å². The van der Waals surface area contributed by atoms with Gasteiger partial charge in [0.1, 0.15) is 0 Å². The summed E-state index contributed by atoms with van der Waals surface area (Å²) in [6.07, 6.45) is 4.77. The zero-order valence-electron chi connectivity index (χ0n) is 12.1. The lowest BCUT2D eigenvalue weighted by Crippen LogP contribution is -2.30. The van der Waals surface area contributed by atoms with Crippen LogP contribution in [0.25, 0.3) is 0 Å². The number of hydrogen-bond acceptors (Lipinski definition) is 2. The van der Waals surface area contributed by atoms with Crippen LogP contribution >= 0.6 is 0 Å². The number of rotatable bonds is 8. The molecule has 0 bridgehead atoms. The van der Waals surface area contributed by atoms with Crippen molar-refractivity contribution >= 4 is 0 Å². The lowest BCUT2D eigenvalue weighted by molar-refractivity contribution is 0.238. The molecule has 0 fully saturated rings. The van der Waals surface area contributed by atoms with Crippen molar-refractivity contribution in [3.63, 3.8) is 0 Å². The fourth-order valence-corrected chi connectivity index (χ4v) is 2.29. The highest BCUT2D eigenvalue weighted by Gasteiger charge is 2.09. The Morgan fingerprint density at radius 2 is 1.83 bits per heavy atom. The van der Waals surface area contributed by atoms with Gasteiger partial charge in [0.25, 0.3) is 0 Å². The van der Waals surface area contributed by atoms with E-state index in [1.807, 2.05) is 6.07 Å². The first-order valence-corrected chi connectivity index (χ1v) is 7.16. The normalized spacial score (nSPS) is 14.7. The van der Waals surface area contributed by atoms with Crippen molar-refractivity contribution in [2.45, 2.75) is 51.6 Å². The first kappa shape index (κ1) is 15.2. The number of benzene rings is 1. The third-order valence-electron chi connectivity index (χ3n) is 3.71. The molecule has 0 heterocycles. The van der Waals surface area contributed by atoms with Gasteiger partial charge in [0.05, 0.1) is 0 Å². The fourth-order valence-electron chi connectivity index (χ4n) is 2.29. The maximum atomic E-state index is 6.20. The summed E-state index contributed by atoms with van der Waals surface area (Å²) >= 11 is 0. The van der Waals surface area contributed by atoms with Crippen LogP contribution in [0, 0.1) is 0 Å². The van der Waals surface area contributed by atoms with Gasteiger partial charge in [-0.3, -0.25) is 0 Å². The SMILES string of the molecule is CCCC(C)N(C)CCCC(N)c1ccccc1. The van der Waals surface area contributed by atoms with E-state index in [1.54, 1.807) is 0 Å². The minimum atomic E-state index is 0.182. The summed E-state index contributed by atoms with van der Waals surface area (Å²) < 4.78 is 0. The predicted octanol–water partition coefficient (Wildman–Crippen LogP) is 3.59. The molecule has 2 heteroatoms. The summed E-state index contributed by atoms with van der Waals surface area (Å²) in [5, 5.41) is 0. The van der Waals surface area contributed by atoms with Gasteiger partial charge < -0.3 is 10.6 Å². The lowest BCUT2D eigenvalue weighted by Gasteiger charge is -2.24. The number of nitrogens with two attached hydrogens (primary N) is 1. The highest BCUT2D eigenvalue weighted by atomic mass is 15.1. The molecule has 0 saturated carbocycles. The molecule has 0 amide bonds. The van der Waals surface area contributed by atoms with Crippen molar-refractivity contribution < 1.29 is 0 Å². The smallest absolute Gasteiger partial charge is 0.0295 e. The standard InChI is InChI=1S/C16H28N2/c1-4-9-14(2)18(3)13-8-12-16(17)15-10-6-5-7-11-15/h5-7,10-11,14,16H,4,8-9,12-13,17H2,1-3H3. The third-order valence-corrected chi connectivity index (χ3v) is 3.71. The van der Waals surface area contributed by atoms with Gasteiger partial charge in [0.15, 0.2) is 0 Å². The van der Waals surface area contributed by atoms with Crippen LogP contribution in [0.15, 0.2) is 30.3 Å². The topological polar surface area (TPSA) is 29.3 Å². The molecule has 1 aromatic carbocycles. The zero-order valence-corrected chi connectivity index (χ0v) is 12.1. The van der Waals surface area contributed by atoms with Crippen LogP contribution in [-0.2, 0) is 0 Å². The molecule has 0 spiro atoms. The predicted molar refractivity (Wildman–Crippen MR) is 79.6 cm³/mol. The minimum absolute atomic E-state index is 0.182. The molecule has 2 nitrogen and oxygen atoms in total. The van der Waals surface area contributed by atoms with Crippen LogP contribution in [0.2, 0.25) is 0 Å². The molecule has 0 aliphatic carbocycles. The van der Waals surface area contributed by atoms with E-state index in [2.05, 4.69) is 50.1 Å². The number of hydrogen-bond donors (Lipinski definition) is 1. The average molecular weight is 248 g/mol. The maximum Gasteiger partial charge on any atom is 0.0295 e. The van der Waals surface area contributed by atoms with Crippen LogP contribution in [0.3, 0.4) is 0 Å². The molecule has 0 aliphatic heterocycles. The van der Waals surface area contributed by atoms with Gasteiger partial charge in [0.2, 0.25) is 0 Å². The zero-order chi connectivity index (χ0) is 13.4. The van der Waals surface area contributed by atoms with Gasteiger partial charge in [-0.05, 0) is 45.3 Å². The van der Waals surface area contributed by atoms with Crippen molar-refractivity contribution in [3.8, 4) is 0 Å². The Kier molecular flexibility index (Phi) is 6.99. The molecule has 0 radical (unpaired) electrons. The Labute approximate surface area is 112 Å². The molecule has 0 saturated heterocycles. The third kappa shape index (κ3) is 5.19. The molecule has 1 aromatic rings. The summed E-state index contributed by atoms with van der Waals surface area (Å²) in [6.45, 7) is 5.69. The molecule has 2 unspecified atom stereocenters. The molecule has 2 N–H and O–H groups in total. The van der Waals surface area contributed by atoms with Crippen LogP contribution < -0.4 is 5.73 Å². The van der Waals surface area contributed by atoms with Crippen molar-refractivity contribution in [1.82, 2.24) is 4.90 Å². The fraction of sp³-hybridized carbons (Fsp3) is 0.625. The van der Waals surface area contributed by atoms with Crippen molar-refractivity contribution in [2.24, 2.45) is 5.73 Å². The largest absolute Gasteiger partial charge is 0.324 e. The van der Waals surface area contributed by atoms with E-state index >= 15 is 0 Å². The van der Waals surface area contributed by atoms with E-state index < -0.39 is 0 Å². The summed E-state index contributed by atoms with van der Waals surface area (Å²) in [7, 11) is 2.22. The highest BCUT2D eigenvalue weighted by Crippen LogP contribution is 2.15. The monoisotopic (exact) mass is 248 g/mol. The Balaban J connectivity index is 2.25. The molecule has 18 heavy (non-hydrogen) atoms. The van der Waals surface area contributed by atoms with Gasteiger partial charge in [-0.25, -0.2) is 0 Å². The highest BCUT2D eigenvalue weighted by molar-refractivity contribution is 5.18. The van der Waals surface area contributed by atoms with E-state index in [0.29, 0.717) is 6.04 Å². The Morgan fingerprint density at radius 3 is 2.44 bits per heavy atom. The van der Waals surface area contributed by atoms with E-state index in [9.17, 15) is 0 Å². The molecule has 0 aromatic heterocycles. The summed E-state index contributed by atoms with van der Waals surface area (Å²) in [5.41, 5.74) is 7.45. The Morgan fingerprint density at radius 1 is 1.17 bits per heavy atom.